The molecule has 0 saturated carbocycles. The molecule has 0 heterocycles. The zero-order chi connectivity index (χ0) is 18.4. The molecule has 130 valence electrons. The summed E-state index contributed by atoms with van der Waals surface area (Å²) in [5.41, 5.74) is 1.15. The van der Waals surface area contributed by atoms with Gasteiger partial charge in [0, 0.05) is 29.9 Å². The molecule has 25 heavy (non-hydrogen) atoms. The van der Waals surface area contributed by atoms with Gasteiger partial charge in [-0.2, -0.15) is 0 Å². The van der Waals surface area contributed by atoms with Crippen molar-refractivity contribution in [2.45, 2.75) is 6.42 Å². The molecule has 0 atom stereocenters. The number of nitrogens with one attached hydrogen (secondary N) is 1. The molecule has 0 aliphatic carbocycles. The van der Waals surface area contributed by atoms with E-state index in [4.69, 9.17) is 11.6 Å². The first-order valence-corrected chi connectivity index (χ1v) is 7.75. The summed E-state index contributed by atoms with van der Waals surface area (Å²) < 4.78 is 0. The Morgan fingerprint density at radius 1 is 1.20 bits per heavy atom. The van der Waals surface area contributed by atoms with E-state index in [1.165, 1.54) is 36.2 Å². The van der Waals surface area contributed by atoms with Crippen LogP contribution >= 0.6 is 11.6 Å². The minimum absolute atomic E-state index is 0.0366. The first-order chi connectivity index (χ1) is 11.8. The Kier molecular flexibility index (Phi) is 6.08. The highest BCUT2D eigenvalue weighted by Crippen LogP contribution is 2.15. The van der Waals surface area contributed by atoms with E-state index in [2.05, 4.69) is 5.32 Å². The Hall–Kier alpha value is -2.93. The Labute approximate surface area is 149 Å². The highest BCUT2D eigenvalue weighted by Gasteiger charge is 2.14. The van der Waals surface area contributed by atoms with Crippen LogP contribution in [-0.2, 0) is 16.0 Å². The standard InChI is InChI=1S/C17H16ClN3O4/c1-20(11-16(22)19-14-4-2-3-13(18)10-14)17(23)9-12-5-7-15(8-6-12)21(24)25/h2-8,10H,9,11H2,1H3,(H,19,22). The van der Waals surface area contributed by atoms with Crippen molar-refractivity contribution >= 4 is 34.8 Å². The Morgan fingerprint density at radius 3 is 2.48 bits per heavy atom. The molecule has 2 amide bonds. The summed E-state index contributed by atoms with van der Waals surface area (Å²) >= 11 is 5.85. The number of carbonyl (C=O) groups is 2. The van der Waals surface area contributed by atoms with Crippen LogP contribution in [0, 0.1) is 10.1 Å². The predicted octanol–water partition coefficient (Wildman–Crippen LogP) is 2.89. The number of hydrogen-bond donors (Lipinski definition) is 1. The highest BCUT2D eigenvalue weighted by atomic mass is 35.5. The average molecular weight is 362 g/mol. The monoisotopic (exact) mass is 361 g/mol. The lowest BCUT2D eigenvalue weighted by atomic mass is 10.1. The maximum atomic E-state index is 12.2. The lowest BCUT2D eigenvalue weighted by molar-refractivity contribution is -0.384. The van der Waals surface area contributed by atoms with Crippen LogP contribution in [0.4, 0.5) is 11.4 Å². The minimum atomic E-state index is -0.502. The second-order valence-electron chi connectivity index (χ2n) is 5.41. The zero-order valence-corrected chi connectivity index (χ0v) is 14.2. The first kappa shape index (κ1) is 18.4. The van der Waals surface area contributed by atoms with Gasteiger partial charge in [-0.25, -0.2) is 0 Å². The molecule has 2 aromatic rings. The Bertz CT molecular complexity index is 793. The van der Waals surface area contributed by atoms with Crippen LogP contribution in [0.3, 0.4) is 0 Å². The van der Waals surface area contributed by atoms with Gasteiger partial charge in [-0.1, -0.05) is 29.8 Å². The van der Waals surface area contributed by atoms with Gasteiger partial charge in [-0.15, -0.1) is 0 Å². The molecule has 0 bridgehead atoms. The van der Waals surface area contributed by atoms with E-state index in [9.17, 15) is 19.7 Å². The van der Waals surface area contributed by atoms with Gasteiger partial charge < -0.3 is 10.2 Å². The number of rotatable bonds is 6. The summed E-state index contributed by atoms with van der Waals surface area (Å²) in [7, 11) is 1.52. The van der Waals surface area contributed by atoms with E-state index < -0.39 is 4.92 Å². The molecule has 8 heteroatoms. The molecule has 0 aromatic heterocycles. The van der Waals surface area contributed by atoms with Crippen molar-refractivity contribution in [2.75, 3.05) is 18.9 Å². The fraction of sp³-hybridized carbons (Fsp3) is 0.176. The van der Waals surface area contributed by atoms with E-state index >= 15 is 0 Å². The molecular weight excluding hydrogens is 346 g/mol. The quantitative estimate of drug-likeness (QED) is 0.632. The molecule has 0 radical (unpaired) electrons. The smallest absolute Gasteiger partial charge is 0.269 e. The Balaban J connectivity index is 1.88. The molecule has 0 aliphatic heterocycles. The number of anilines is 1. The average Bonchev–Trinajstić information content (AvgIpc) is 2.55. The number of amides is 2. The third-order valence-corrected chi connectivity index (χ3v) is 3.65. The predicted molar refractivity (Wildman–Crippen MR) is 94.5 cm³/mol. The number of nitrogens with zero attached hydrogens (tertiary/aromatic N) is 2. The molecule has 0 aliphatic rings. The number of benzene rings is 2. The van der Waals surface area contributed by atoms with E-state index in [1.807, 2.05) is 0 Å². The zero-order valence-electron chi connectivity index (χ0n) is 13.4. The summed E-state index contributed by atoms with van der Waals surface area (Å²) in [5, 5.41) is 13.8. The third kappa shape index (κ3) is 5.58. The van der Waals surface area contributed by atoms with Gasteiger partial charge in [-0.05, 0) is 23.8 Å². The topological polar surface area (TPSA) is 92.6 Å². The fourth-order valence-corrected chi connectivity index (χ4v) is 2.31. The summed E-state index contributed by atoms with van der Waals surface area (Å²) in [6.07, 6.45) is 0.0545. The van der Waals surface area contributed by atoms with Gasteiger partial charge in [-0.3, -0.25) is 19.7 Å². The van der Waals surface area contributed by atoms with Gasteiger partial charge >= 0.3 is 0 Å². The van der Waals surface area contributed by atoms with Crippen LogP contribution in [0.2, 0.25) is 5.02 Å². The molecule has 0 spiro atoms. The second-order valence-corrected chi connectivity index (χ2v) is 5.85. The number of non-ortho nitro benzene ring substituents is 1. The van der Waals surface area contributed by atoms with Crippen molar-refractivity contribution in [3.05, 3.63) is 69.2 Å². The lowest BCUT2D eigenvalue weighted by Crippen LogP contribution is -2.35. The SMILES string of the molecule is CN(CC(=O)Nc1cccc(Cl)c1)C(=O)Cc1ccc([N+](=O)[O-])cc1. The highest BCUT2D eigenvalue weighted by molar-refractivity contribution is 6.30. The second kappa shape index (κ2) is 8.25. The molecule has 2 rings (SSSR count). The van der Waals surface area contributed by atoms with Gasteiger partial charge in [0.05, 0.1) is 17.9 Å². The van der Waals surface area contributed by atoms with E-state index in [0.717, 1.165) is 0 Å². The number of nitro benzene ring substituents is 1. The number of nitro groups is 1. The molecule has 7 nitrogen and oxygen atoms in total. The molecule has 2 aromatic carbocycles. The van der Waals surface area contributed by atoms with E-state index in [1.54, 1.807) is 24.3 Å². The molecule has 0 unspecified atom stereocenters. The van der Waals surface area contributed by atoms with E-state index in [-0.39, 0.29) is 30.5 Å². The first-order valence-electron chi connectivity index (χ1n) is 7.38. The molecular formula is C17H16ClN3O4. The van der Waals surface area contributed by atoms with Crippen molar-refractivity contribution in [1.82, 2.24) is 4.90 Å². The summed E-state index contributed by atoms with van der Waals surface area (Å²) in [4.78, 5) is 35.6. The summed E-state index contributed by atoms with van der Waals surface area (Å²) in [5.74, 6) is -0.614. The van der Waals surface area contributed by atoms with Crippen molar-refractivity contribution in [1.29, 1.82) is 0 Å². The van der Waals surface area contributed by atoms with Crippen LogP contribution in [-0.4, -0.2) is 35.2 Å². The normalized spacial score (nSPS) is 10.2. The lowest BCUT2D eigenvalue weighted by Gasteiger charge is -2.17. The Morgan fingerprint density at radius 2 is 1.88 bits per heavy atom. The largest absolute Gasteiger partial charge is 0.336 e. The van der Waals surface area contributed by atoms with Gasteiger partial charge in [0.2, 0.25) is 11.8 Å². The fourth-order valence-electron chi connectivity index (χ4n) is 2.12. The van der Waals surface area contributed by atoms with Gasteiger partial charge in [0.15, 0.2) is 0 Å². The molecule has 0 saturated heterocycles. The van der Waals surface area contributed by atoms with Crippen LogP contribution in [0.15, 0.2) is 48.5 Å². The van der Waals surface area contributed by atoms with Crippen LogP contribution in [0.1, 0.15) is 5.56 Å². The number of hydrogen-bond acceptors (Lipinski definition) is 4. The number of likely N-dealkylation sites (N-methyl/N-ethyl adjacent to an activating group) is 1. The van der Waals surface area contributed by atoms with Crippen LogP contribution in [0.25, 0.3) is 0 Å². The van der Waals surface area contributed by atoms with Crippen molar-refractivity contribution in [2.24, 2.45) is 0 Å². The van der Waals surface area contributed by atoms with Crippen molar-refractivity contribution in [3.8, 4) is 0 Å². The van der Waals surface area contributed by atoms with E-state index in [0.29, 0.717) is 16.3 Å². The summed E-state index contributed by atoms with van der Waals surface area (Å²) in [6, 6.07) is 12.4. The van der Waals surface area contributed by atoms with Crippen LogP contribution < -0.4 is 5.32 Å². The molecule has 1 N–H and O–H groups in total. The maximum absolute atomic E-state index is 12.2. The van der Waals surface area contributed by atoms with Crippen molar-refractivity contribution < 1.29 is 14.5 Å². The number of carbonyl (C=O) groups excluding carboxylic acids is 2. The summed E-state index contributed by atoms with van der Waals surface area (Å²) in [6.45, 7) is -0.113. The van der Waals surface area contributed by atoms with Gasteiger partial charge in [0.1, 0.15) is 0 Å². The minimum Gasteiger partial charge on any atom is -0.336 e. The maximum Gasteiger partial charge on any atom is 0.269 e. The number of halogens is 1. The molecule has 0 fully saturated rings. The van der Waals surface area contributed by atoms with Gasteiger partial charge in [0.25, 0.3) is 5.69 Å². The van der Waals surface area contributed by atoms with Crippen molar-refractivity contribution in [3.63, 3.8) is 0 Å². The third-order valence-electron chi connectivity index (χ3n) is 3.42. The van der Waals surface area contributed by atoms with Crippen LogP contribution in [0.5, 0.6) is 0 Å².